The third-order valence-corrected chi connectivity index (χ3v) is 7.22. The van der Waals surface area contributed by atoms with Gasteiger partial charge in [0.2, 0.25) is 10.0 Å². The molecule has 0 amide bonds. The molecule has 0 aliphatic carbocycles. The number of aromatic nitrogens is 4. The Labute approximate surface area is 230 Å². The summed E-state index contributed by atoms with van der Waals surface area (Å²) in [5.74, 6) is -1.51. The summed E-state index contributed by atoms with van der Waals surface area (Å²) in [5, 5.41) is 4.94. The third-order valence-electron chi connectivity index (χ3n) is 6.02. The van der Waals surface area contributed by atoms with E-state index in [4.69, 9.17) is 28.9 Å². The van der Waals surface area contributed by atoms with E-state index in [0.717, 1.165) is 24.5 Å². The second-order valence-corrected chi connectivity index (χ2v) is 11.5. The summed E-state index contributed by atoms with van der Waals surface area (Å²) in [5.41, 5.74) is 7.03. The lowest BCUT2D eigenvalue weighted by Gasteiger charge is -2.20. The molecule has 0 saturated carbocycles. The van der Waals surface area contributed by atoms with E-state index in [9.17, 15) is 22.0 Å². The second kappa shape index (κ2) is 9.87. The van der Waals surface area contributed by atoms with Gasteiger partial charge in [-0.1, -0.05) is 29.3 Å². The van der Waals surface area contributed by atoms with Crippen molar-refractivity contribution in [2.75, 3.05) is 11.0 Å². The molecule has 0 fully saturated rings. The van der Waals surface area contributed by atoms with Crippen LogP contribution in [0.25, 0.3) is 27.5 Å². The van der Waals surface area contributed by atoms with Crippen molar-refractivity contribution >= 4 is 60.8 Å². The standard InChI is InChI=1S/C25H20Cl2F2N6O3S/c1-34-22-19(7-6-16(27)21(22)23(32-34)33-39(2,37)38)35-24(17(30)10-12-8-13(28)11-14(29)9-12)31-18-5-3-4-15(26)20(18)25(35)36/h3-9,11,17H,10,30H2,1-2H3,(H,32,33)/t17-/m0/s1. The summed E-state index contributed by atoms with van der Waals surface area (Å²) < 4.78 is 56.6. The number of rotatable bonds is 6. The van der Waals surface area contributed by atoms with Gasteiger partial charge >= 0.3 is 0 Å². The molecule has 39 heavy (non-hydrogen) atoms. The number of nitrogens with zero attached hydrogens (tertiary/aromatic N) is 4. The Hall–Kier alpha value is -3.58. The molecule has 3 aromatic carbocycles. The average Bonchev–Trinajstić information content (AvgIpc) is 3.14. The van der Waals surface area contributed by atoms with Crippen LogP contribution in [0.15, 0.2) is 53.3 Å². The predicted octanol–water partition coefficient (Wildman–Crippen LogP) is 4.47. The minimum Gasteiger partial charge on any atom is -0.321 e. The fraction of sp³-hybridized carbons (Fsp3) is 0.160. The van der Waals surface area contributed by atoms with Crippen molar-refractivity contribution in [1.82, 2.24) is 19.3 Å². The number of hydrogen-bond acceptors (Lipinski definition) is 6. The summed E-state index contributed by atoms with van der Waals surface area (Å²) in [6.07, 6.45) is 0.910. The van der Waals surface area contributed by atoms with Gasteiger partial charge in [-0.2, -0.15) is 5.10 Å². The van der Waals surface area contributed by atoms with Gasteiger partial charge in [0, 0.05) is 13.1 Å². The Morgan fingerprint density at radius 2 is 1.72 bits per heavy atom. The summed E-state index contributed by atoms with van der Waals surface area (Å²) in [4.78, 5) is 18.6. The first-order valence-corrected chi connectivity index (χ1v) is 14.0. The van der Waals surface area contributed by atoms with E-state index in [1.165, 1.54) is 15.3 Å². The first kappa shape index (κ1) is 27.0. The highest BCUT2D eigenvalue weighted by Crippen LogP contribution is 2.35. The number of nitrogens with two attached hydrogens (primary N) is 1. The molecule has 0 bridgehead atoms. The molecule has 0 aliphatic heterocycles. The summed E-state index contributed by atoms with van der Waals surface area (Å²) in [6.45, 7) is 0. The van der Waals surface area contributed by atoms with Crippen LogP contribution >= 0.6 is 23.2 Å². The molecular weight excluding hydrogens is 573 g/mol. The number of benzene rings is 3. The van der Waals surface area contributed by atoms with Gasteiger partial charge in [-0.25, -0.2) is 22.2 Å². The largest absolute Gasteiger partial charge is 0.321 e. The van der Waals surface area contributed by atoms with E-state index in [1.807, 2.05) is 0 Å². The molecule has 1 atom stereocenters. The fourth-order valence-corrected chi connectivity index (χ4v) is 5.53. The maximum absolute atomic E-state index is 14.0. The number of sulfonamides is 1. The molecule has 2 aromatic heterocycles. The Morgan fingerprint density at radius 1 is 1.05 bits per heavy atom. The maximum atomic E-state index is 14.0. The molecule has 0 saturated heterocycles. The minimum absolute atomic E-state index is 0.0391. The highest BCUT2D eigenvalue weighted by atomic mass is 35.5. The van der Waals surface area contributed by atoms with E-state index in [-0.39, 0.29) is 55.6 Å². The van der Waals surface area contributed by atoms with Gasteiger partial charge in [-0.15, -0.1) is 0 Å². The van der Waals surface area contributed by atoms with Crippen molar-refractivity contribution in [3.05, 3.63) is 92.0 Å². The van der Waals surface area contributed by atoms with Gasteiger partial charge in [0.05, 0.1) is 49.8 Å². The maximum Gasteiger partial charge on any atom is 0.267 e. The van der Waals surface area contributed by atoms with Crippen LogP contribution in [0.5, 0.6) is 0 Å². The van der Waals surface area contributed by atoms with Crippen molar-refractivity contribution in [2.45, 2.75) is 12.5 Å². The molecule has 202 valence electrons. The molecule has 0 aliphatic rings. The van der Waals surface area contributed by atoms with Crippen LogP contribution < -0.4 is 16.0 Å². The lowest BCUT2D eigenvalue weighted by Crippen LogP contribution is -2.30. The van der Waals surface area contributed by atoms with Crippen molar-refractivity contribution in [2.24, 2.45) is 12.8 Å². The van der Waals surface area contributed by atoms with Crippen molar-refractivity contribution in [3.8, 4) is 5.69 Å². The quantitative estimate of drug-likeness (QED) is 0.300. The average molecular weight is 593 g/mol. The number of hydrogen-bond donors (Lipinski definition) is 2. The Morgan fingerprint density at radius 3 is 2.38 bits per heavy atom. The highest BCUT2D eigenvalue weighted by Gasteiger charge is 2.25. The van der Waals surface area contributed by atoms with E-state index in [0.29, 0.717) is 5.52 Å². The third kappa shape index (κ3) is 5.08. The van der Waals surface area contributed by atoms with Crippen LogP contribution in [0.3, 0.4) is 0 Å². The van der Waals surface area contributed by atoms with Crippen LogP contribution in [-0.4, -0.2) is 34.0 Å². The molecule has 0 spiro atoms. The monoisotopic (exact) mass is 592 g/mol. The molecule has 0 unspecified atom stereocenters. The highest BCUT2D eigenvalue weighted by molar-refractivity contribution is 7.92. The number of aryl methyl sites for hydroxylation is 1. The van der Waals surface area contributed by atoms with Crippen LogP contribution in [0, 0.1) is 11.6 Å². The van der Waals surface area contributed by atoms with E-state index in [2.05, 4.69) is 14.8 Å². The van der Waals surface area contributed by atoms with Crippen LogP contribution in [0.2, 0.25) is 10.0 Å². The van der Waals surface area contributed by atoms with Gasteiger partial charge in [-0.05, 0) is 48.4 Å². The first-order valence-electron chi connectivity index (χ1n) is 11.4. The van der Waals surface area contributed by atoms with E-state index >= 15 is 0 Å². The van der Waals surface area contributed by atoms with Crippen LogP contribution in [0.1, 0.15) is 17.4 Å². The van der Waals surface area contributed by atoms with Gasteiger partial charge in [0.15, 0.2) is 5.82 Å². The van der Waals surface area contributed by atoms with Gasteiger partial charge in [0.25, 0.3) is 5.56 Å². The van der Waals surface area contributed by atoms with Crippen molar-refractivity contribution in [3.63, 3.8) is 0 Å². The molecule has 5 aromatic rings. The Balaban J connectivity index is 1.82. The fourth-order valence-electron chi connectivity index (χ4n) is 4.55. The SMILES string of the molecule is Cn1nc(NS(C)(=O)=O)c2c(Cl)ccc(-n3c([C@@H](N)Cc4cc(F)cc(F)c4)nc4cccc(Cl)c4c3=O)c21. The minimum atomic E-state index is -3.72. The molecule has 3 N–H and O–H groups in total. The number of halogens is 4. The number of anilines is 1. The summed E-state index contributed by atoms with van der Waals surface area (Å²) in [6, 6.07) is 9.83. The normalized spacial score (nSPS) is 12.8. The molecule has 5 rings (SSSR count). The lowest BCUT2D eigenvalue weighted by molar-refractivity contribution is 0.572. The molecular formula is C25H20Cl2F2N6O3S. The van der Waals surface area contributed by atoms with Crippen molar-refractivity contribution < 1.29 is 17.2 Å². The van der Waals surface area contributed by atoms with Gasteiger partial charge < -0.3 is 5.73 Å². The summed E-state index contributed by atoms with van der Waals surface area (Å²) >= 11 is 12.8. The molecule has 9 nitrogen and oxygen atoms in total. The van der Waals surface area contributed by atoms with E-state index < -0.39 is 33.3 Å². The summed E-state index contributed by atoms with van der Waals surface area (Å²) in [7, 11) is -2.17. The van der Waals surface area contributed by atoms with Gasteiger partial charge in [0.1, 0.15) is 17.5 Å². The molecule has 0 radical (unpaired) electrons. The Kier molecular flexibility index (Phi) is 6.83. The van der Waals surface area contributed by atoms with Gasteiger partial charge in [-0.3, -0.25) is 18.8 Å². The topological polar surface area (TPSA) is 125 Å². The van der Waals surface area contributed by atoms with Crippen LogP contribution in [0.4, 0.5) is 14.6 Å². The zero-order chi connectivity index (χ0) is 28.2. The zero-order valence-corrected chi connectivity index (χ0v) is 22.7. The molecule has 14 heteroatoms. The van der Waals surface area contributed by atoms with E-state index in [1.54, 1.807) is 31.3 Å². The first-order chi connectivity index (χ1) is 18.3. The predicted molar refractivity (Wildman–Crippen MR) is 147 cm³/mol. The number of nitrogens with one attached hydrogen (secondary N) is 1. The van der Waals surface area contributed by atoms with Crippen LogP contribution in [-0.2, 0) is 23.5 Å². The lowest BCUT2D eigenvalue weighted by atomic mass is 10.0. The zero-order valence-electron chi connectivity index (χ0n) is 20.4. The smallest absolute Gasteiger partial charge is 0.267 e. The second-order valence-electron chi connectivity index (χ2n) is 8.97. The van der Waals surface area contributed by atoms with Crippen molar-refractivity contribution in [1.29, 1.82) is 0 Å². The molecule has 2 heterocycles. The number of fused-ring (bicyclic) bond motifs is 2. The Bertz CT molecular complexity index is 1940.